The summed E-state index contributed by atoms with van der Waals surface area (Å²) in [7, 11) is 0. The zero-order chi connectivity index (χ0) is 13.9. The molecule has 3 aromatic rings. The number of aromatic nitrogens is 4. The molecule has 100 valence electrons. The van der Waals surface area contributed by atoms with Gasteiger partial charge in [0.2, 0.25) is 11.8 Å². The monoisotopic (exact) mass is 269 g/mol. The molecular weight excluding hydrogens is 258 g/mol. The van der Waals surface area contributed by atoms with E-state index in [-0.39, 0.29) is 18.1 Å². The predicted molar refractivity (Wildman–Crippen MR) is 69.7 cm³/mol. The first-order valence-electron chi connectivity index (χ1n) is 6.01. The summed E-state index contributed by atoms with van der Waals surface area (Å²) < 4.78 is 5.17. The first-order chi connectivity index (χ1) is 9.72. The van der Waals surface area contributed by atoms with Crippen LogP contribution in [0.15, 0.2) is 34.9 Å². The molecule has 20 heavy (non-hydrogen) atoms. The normalized spacial score (nSPS) is 10.7. The maximum Gasteiger partial charge on any atom is 0.271 e. The quantitative estimate of drug-likeness (QED) is 0.769. The van der Waals surface area contributed by atoms with Crippen molar-refractivity contribution in [1.29, 1.82) is 0 Å². The average Bonchev–Trinajstić information content (AvgIpc) is 2.90. The third-order valence-electron chi connectivity index (χ3n) is 2.65. The lowest BCUT2D eigenvalue weighted by molar-refractivity contribution is 0.0942. The molecular formula is C13H11N5O2. The second kappa shape index (κ2) is 5.04. The van der Waals surface area contributed by atoms with Gasteiger partial charge in [-0.25, -0.2) is 4.98 Å². The van der Waals surface area contributed by atoms with E-state index in [2.05, 4.69) is 25.5 Å². The number of para-hydroxylation sites is 2. The van der Waals surface area contributed by atoms with Crippen LogP contribution in [0.4, 0.5) is 0 Å². The van der Waals surface area contributed by atoms with Crippen LogP contribution in [0.25, 0.3) is 11.0 Å². The highest BCUT2D eigenvalue weighted by atomic mass is 16.4. The maximum absolute atomic E-state index is 12.0. The van der Waals surface area contributed by atoms with Crippen LogP contribution in [0.3, 0.4) is 0 Å². The van der Waals surface area contributed by atoms with E-state index in [0.717, 1.165) is 5.52 Å². The first kappa shape index (κ1) is 12.2. The fourth-order valence-corrected chi connectivity index (χ4v) is 1.72. The summed E-state index contributed by atoms with van der Waals surface area (Å²) in [5.41, 5.74) is 1.67. The minimum Gasteiger partial charge on any atom is -0.424 e. The summed E-state index contributed by atoms with van der Waals surface area (Å²) in [6.45, 7) is 1.85. The molecule has 0 fully saturated rings. The minimum absolute atomic E-state index is 0.161. The Balaban J connectivity index is 1.75. The standard InChI is InChI=1S/C13H11N5O2/c1-8-17-18-12(20-8)7-15-13(19)11-6-14-9-4-2-3-5-10(9)16-11/h2-6H,7H2,1H3,(H,15,19). The van der Waals surface area contributed by atoms with Gasteiger partial charge in [0.15, 0.2) is 0 Å². The number of hydrogen-bond acceptors (Lipinski definition) is 6. The molecule has 7 nitrogen and oxygen atoms in total. The topological polar surface area (TPSA) is 93.8 Å². The molecule has 0 saturated heterocycles. The average molecular weight is 269 g/mol. The predicted octanol–water partition coefficient (Wildman–Crippen LogP) is 1.25. The number of nitrogens with one attached hydrogen (secondary N) is 1. The van der Waals surface area contributed by atoms with Crippen LogP contribution >= 0.6 is 0 Å². The van der Waals surface area contributed by atoms with E-state index in [4.69, 9.17) is 4.42 Å². The summed E-state index contributed by atoms with van der Waals surface area (Å²) in [6.07, 6.45) is 1.44. The van der Waals surface area contributed by atoms with Gasteiger partial charge in [-0.3, -0.25) is 9.78 Å². The molecule has 7 heteroatoms. The number of amides is 1. The molecule has 1 aromatic carbocycles. The van der Waals surface area contributed by atoms with Gasteiger partial charge in [0.05, 0.1) is 23.8 Å². The highest BCUT2D eigenvalue weighted by Crippen LogP contribution is 2.08. The van der Waals surface area contributed by atoms with E-state index >= 15 is 0 Å². The summed E-state index contributed by atoms with van der Waals surface area (Å²) in [5, 5.41) is 10.1. The van der Waals surface area contributed by atoms with Crippen LogP contribution in [0.1, 0.15) is 22.3 Å². The Morgan fingerprint density at radius 3 is 2.80 bits per heavy atom. The number of benzene rings is 1. The molecule has 0 aliphatic heterocycles. The molecule has 3 rings (SSSR count). The Hall–Kier alpha value is -2.83. The lowest BCUT2D eigenvalue weighted by Gasteiger charge is -2.02. The van der Waals surface area contributed by atoms with Crippen molar-refractivity contribution >= 4 is 16.9 Å². The van der Waals surface area contributed by atoms with Crippen molar-refractivity contribution in [2.24, 2.45) is 0 Å². The Morgan fingerprint density at radius 2 is 2.05 bits per heavy atom. The molecule has 0 saturated carbocycles. The van der Waals surface area contributed by atoms with E-state index in [1.165, 1.54) is 6.20 Å². The fourth-order valence-electron chi connectivity index (χ4n) is 1.72. The molecule has 1 N–H and O–H groups in total. The molecule has 0 aliphatic carbocycles. The Labute approximate surface area is 114 Å². The molecule has 0 bridgehead atoms. The van der Waals surface area contributed by atoms with Gasteiger partial charge in [-0.1, -0.05) is 12.1 Å². The number of rotatable bonds is 3. The van der Waals surface area contributed by atoms with E-state index in [1.807, 2.05) is 18.2 Å². The Bertz CT molecular complexity index is 768. The van der Waals surface area contributed by atoms with Gasteiger partial charge < -0.3 is 9.73 Å². The van der Waals surface area contributed by atoms with E-state index < -0.39 is 0 Å². The zero-order valence-electron chi connectivity index (χ0n) is 10.7. The zero-order valence-corrected chi connectivity index (χ0v) is 10.7. The van der Waals surface area contributed by atoms with Crippen molar-refractivity contribution in [3.63, 3.8) is 0 Å². The SMILES string of the molecule is Cc1nnc(CNC(=O)c2cnc3ccccc3n2)o1. The van der Waals surface area contributed by atoms with Crippen LogP contribution in [0, 0.1) is 6.92 Å². The van der Waals surface area contributed by atoms with Gasteiger partial charge in [0.25, 0.3) is 5.91 Å². The third-order valence-corrected chi connectivity index (χ3v) is 2.65. The molecule has 0 radical (unpaired) electrons. The van der Waals surface area contributed by atoms with Gasteiger partial charge in [-0.05, 0) is 12.1 Å². The maximum atomic E-state index is 12.0. The summed E-state index contributed by atoms with van der Waals surface area (Å²) in [4.78, 5) is 20.4. The summed E-state index contributed by atoms with van der Waals surface area (Å²) in [5.74, 6) is 0.475. The third kappa shape index (κ3) is 2.46. The largest absolute Gasteiger partial charge is 0.424 e. The van der Waals surface area contributed by atoms with E-state index in [9.17, 15) is 4.79 Å². The van der Waals surface area contributed by atoms with Crippen LogP contribution in [-0.4, -0.2) is 26.1 Å². The van der Waals surface area contributed by atoms with Crippen molar-refractivity contribution in [2.45, 2.75) is 13.5 Å². The molecule has 0 spiro atoms. The Kier molecular flexibility index (Phi) is 3.08. The highest BCUT2D eigenvalue weighted by molar-refractivity contribution is 5.93. The van der Waals surface area contributed by atoms with Crippen LogP contribution in [-0.2, 0) is 6.54 Å². The van der Waals surface area contributed by atoms with Crippen molar-refractivity contribution in [2.75, 3.05) is 0 Å². The molecule has 2 heterocycles. The van der Waals surface area contributed by atoms with Gasteiger partial charge in [-0.15, -0.1) is 10.2 Å². The molecule has 0 unspecified atom stereocenters. The Morgan fingerprint density at radius 1 is 1.25 bits per heavy atom. The lowest BCUT2D eigenvalue weighted by atomic mass is 10.3. The van der Waals surface area contributed by atoms with Crippen molar-refractivity contribution in [3.05, 3.63) is 47.9 Å². The molecule has 0 atom stereocenters. The minimum atomic E-state index is -0.334. The summed E-state index contributed by atoms with van der Waals surface area (Å²) >= 11 is 0. The highest BCUT2D eigenvalue weighted by Gasteiger charge is 2.10. The van der Waals surface area contributed by atoms with Gasteiger partial charge >= 0.3 is 0 Å². The number of fused-ring (bicyclic) bond motifs is 1. The smallest absolute Gasteiger partial charge is 0.271 e. The number of carbonyl (C=O) groups excluding carboxylic acids is 1. The lowest BCUT2D eigenvalue weighted by Crippen LogP contribution is -2.24. The molecule has 1 amide bonds. The van der Waals surface area contributed by atoms with Crippen molar-refractivity contribution in [3.8, 4) is 0 Å². The van der Waals surface area contributed by atoms with Gasteiger partial charge in [0.1, 0.15) is 5.69 Å². The summed E-state index contributed by atoms with van der Waals surface area (Å²) in [6, 6.07) is 7.36. The van der Waals surface area contributed by atoms with Crippen LogP contribution < -0.4 is 5.32 Å². The van der Waals surface area contributed by atoms with Gasteiger partial charge in [-0.2, -0.15) is 0 Å². The second-order valence-electron chi connectivity index (χ2n) is 4.14. The van der Waals surface area contributed by atoms with Crippen molar-refractivity contribution < 1.29 is 9.21 Å². The van der Waals surface area contributed by atoms with E-state index in [1.54, 1.807) is 13.0 Å². The van der Waals surface area contributed by atoms with Crippen molar-refractivity contribution in [1.82, 2.24) is 25.5 Å². The second-order valence-corrected chi connectivity index (χ2v) is 4.14. The number of hydrogen-bond donors (Lipinski definition) is 1. The number of aryl methyl sites for hydroxylation is 1. The van der Waals surface area contributed by atoms with E-state index in [0.29, 0.717) is 17.3 Å². The van der Waals surface area contributed by atoms with Gasteiger partial charge in [0, 0.05) is 6.92 Å². The number of nitrogens with zero attached hydrogens (tertiary/aromatic N) is 4. The first-order valence-corrected chi connectivity index (χ1v) is 6.01. The van der Waals surface area contributed by atoms with Crippen LogP contribution in [0.5, 0.6) is 0 Å². The van der Waals surface area contributed by atoms with Crippen LogP contribution in [0.2, 0.25) is 0 Å². The number of carbonyl (C=O) groups is 1. The molecule has 0 aliphatic rings. The molecule has 2 aromatic heterocycles. The fraction of sp³-hybridized carbons (Fsp3) is 0.154.